The second kappa shape index (κ2) is 7.27. The van der Waals surface area contributed by atoms with Gasteiger partial charge >= 0.3 is 11.9 Å². The third-order valence-corrected chi connectivity index (χ3v) is 5.43. The monoisotopic (exact) mass is 430 g/mol. The summed E-state index contributed by atoms with van der Waals surface area (Å²) in [5.41, 5.74) is -0.115. The first-order valence-electron chi connectivity index (χ1n) is 8.46. The largest absolute Gasteiger partial charge is 0.469 e. The summed E-state index contributed by atoms with van der Waals surface area (Å²) in [6.45, 7) is 3.36. The molecule has 2 atom stereocenters. The van der Waals surface area contributed by atoms with Crippen LogP contribution in [0.15, 0.2) is 53.0 Å². The van der Waals surface area contributed by atoms with Crippen molar-refractivity contribution in [3.05, 3.63) is 64.1 Å². The number of fused-ring (bicyclic) bond motifs is 1. The molecule has 3 rings (SSSR count). The number of halogens is 1. The average Bonchev–Trinajstić information content (AvgIpc) is 2.66. The molecule has 1 heterocycles. The molecule has 6 heteroatoms. The number of benzene rings is 2. The van der Waals surface area contributed by atoms with Crippen LogP contribution in [-0.2, 0) is 14.3 Å². The molecular formula is C21H19BrO5. The van der Waals surface area contributed by atoms with Crippen LogP contribution in [0, 0.1) is 11.3 Å². The zero-order chi connectivity index (χ0) is 19.8. The van der Waals surface area contributed by atoms with Crippen LogP contribution in [0.4, 0.5) is 0 Å². The van der Waals surface area contributed by atoms with E-state index in [1.165, 1.54) is 7.11 Å². The van der Waals surface area contributed by atoms with Gasteiger partial charge < -0.3 is 9.47 Å². The Kier molecular flexibility index (Phi) is 5.20. The topological polar surface area (TPSA) is 69.7 Å². The third kappa shape index (κ3) is 3.41. The van der Waals surface area contributed by atoms with Crippen molar-refractivity contribution in [2.45, 2.75) is 19.8 Å². The summed E-state index contributed by atoms with van der Waals surface area (Å²) in [6.07, 6.45) is 0. The number of hydrogen-bond acceptors (Lipinski definition) is 5. The van der Waals surface area contributed by atoms with Crippen molar-refractivity contribution in [2.75, 3.05) is 7.11 Å². The predicted molar refractivity (Wildman–Crippen MR) is 103 cm³/mol. The zero-order valence-electron chi connectivity index (χ0n) is 15.2. The fourth-order valence-electron chi connectivity index (χ4n) is 3.58. The smallest absolute Gasteiger partial charge is 0.322 e. The fourth-order valence-corrected chi connectivity index (χ4v) is 3.96. The first-order valence-corrected chi connectivity index (χ1v) is 9.25. The maximum atomic E-state index is 13.2. The van der Waals surface area contributed by atoms with Crippen LogP contribution in [0.2, 0.25) is 0 Å². The molecule has 2 aromatic rings. The maximum absolute atomic E-state index is 13.2. The van der Waals surface area contributed by atoms with Crippen molar-refractivity contribution >= 4 is 33.7 Å². The molecule has 0 aliphatic carbocycles. The normalized spacial score (nSPS) is 19.0. The number of esters is 2. The molecule has 0 radical (unpaired) electrons. The molecule has 5 nitrogen and oxygen atoms in total. The maximum Gasteiger partial charge on any atom is 0.322 e. The van der Waals surface area contributed by atoms with Crippen molar-refractivity contribution < 1.29 is 23.9 Å². The summed E-state index contributed by atoms with van der Waals surface area (Å²) in [5, 5.41) is 0. The molecular weight excluding hydrogens is 412 g/mol. The molecule has 2 aromatic carbocycles. The Morgan fingerprint density at radius 3 is 2.41 bits per heavy atom. The third-order valence-electron chi connectivity index (χ3n) is 4.93. The minimum Gasteiger partial charge on any atom is -0.469 e. The Hall–Kier alpha value is -2.47. The first kappa shape index (κ1) is 19.3. The van der Waals surface area contributed by atoms with E-state index in [0.717, 1.165) is 4.47 Å². The molecule has 140 valence electrons. The Bertz CT molecular complexity index is 904. The SMILES string of the molecule is COC(=O)C(C)(C)[C@H]1c2cc(Br)ccc2OC(=O)[C@@H]1C(=O)c1ccccc1. The van der Waals surface area contributed by atoms with E-state index in [0.29, 0.717) is 16.9 Å². The van der Waals surface area contributed by atoms with Gasteiger partial charge in [0.25, 0.3) is 0 Å². The van der Waals surface area contributed by atoms with E-state index in [1.54, 1.807) is 62.4 Å². The number of ketones is 1. The zero-order valence-corrected chi connectivity index (χ0v) is 16.8. The number of methoxy groups -OCH3 is 1. The fraction of sp³-hybridized carbons (Fsp3) is 0.286. The molecule has 0 bridgehead atoms. The molecule has 0 fully saturated rings. The van der Waals surface area contributed by atoms with Crippen LogP contribution in [0.25, 0.3) is 0 Å². The van der Waals surface area contributed by atoms with Crippen molar-refractivity contribution in [2.24, 2.45) is 11.3 Å². The van der Waals surface area contributed by atoms with Gasteiger partial charge in [-0.05, 0) is 32.0 Å². The van der Waals surface area contributed by atoms with Crippen molar-refractivity contribution in [1.82, 2.24) is 0 Å². The highest BCUT2D eigenvalue weighted by Crippen LogP contribution is 2.50. The second-order valence-electron chi connectivity index (χ2n) is 7.00. The molecule has 0 saturated carbocycles. The van der Waals surface area contributed by atoms with Gasteiger partial charge in [-0.25, -0.2) is 0 Å². The lowest BCUT2D eigenvalue weighted by Crippen LogP contribution is -2.46. The molecule has 1 aliphatic heterocycles. The highest BCUT2D eigenvalue weighted by molar-refractivity contribution is 9.10. The minimum atomic E-state index is -1.15. The summed E-state index contributed by atoms with van der Waals surface area (Å²) in [4.78, 5) is 38.6. The number of rotatable bonds is 4. The van der Waals surface area contributed by atoms with Gasteiger partial charge in [0.2, 0.25) is 0 Å². The lowest BCUT2D eigenvalue weighted by atomic mass is 9.65. The minimum absolute atomic E-state index is 0.349. The van der Waals surface area contributed by atoms with Crippen LogP contribution in [-0.4, -0.2) is 24.8 Å². The molecule has 0 spiro atoms. The van der Waals surface area contributed by atoms with E-state index >= 15 is 0 Å². The van der Waals surface area contributed by atoms with Crippen LogP contribution < -0.4 is 4.74 Å². The van der Waals surface area contributed by atoms with Gasteiger partial charge in [-0.15, -0.1) is 0 Å². The number of Topliss-reactive ketones (excluding diaryl/α,β-unsaturated/α-hetero) is 1. The van der Waals surface area contributed by atoms with Crippen LogP contribution >= 0.6 is 15.9 Å². The van der Waals surface area contributed by atoms with E-state index in [9.17, 15) is 14.4 Å². The van der Waals surface area contributed by atoms with E-state index in [-0.39, 0.29) is 5.78 Å². The number of carbonyl (C=O) groups excluding carboxylic acids is 3. The second-order valence-corrected chi connectivity index (χ2v) is 7.92. The Morgan fingerprint density at radius 1 is 1.11 bits per heavy atom. The van der Waals surface area contributed by atoms with Gasteiger partial charge in [0.1, 0.15) is 11.7 Å². The molecule has 0 N–H and O–H groups in total. The summed E-state index contributed by atoms with van der Waals surface area (Å²) in [6, 6.07) is 13.7. The number of carbonyl (C=O) groups is 3. The van der Waals surface area contributed by atoms with Crippen molar-refractivity contribution in [3.63, 3.8) is 0 Å². The van der Waals surface area contributed by atoms with Crippen molar-refractivity contribution in [3.8, 4) is 5.75 Å². The van der Waals surface area contributed by atoms with E-state index in [2.05, 4.69) is 15.9 Å². The van der Waals surface area contributed by atoms with Crippen LogP contribution in [0.1, 0.15) is 35.7 Å². The van der Waals surface area contributed by atoms with E-state index in [4.69, 9.17) is 9.47 Å². The predicted octanol–water partition coefficient (Wildman–Crippen LogP) is 4.15. The van der Waals surface area contributed by atoms with Gasteiger partial charge in [0.05, 0.1) is 12.5 Å². The standard InChI is InChI=1S/C21H19BrO5/c1-21(2,20(25)26-3)17-14-11-13(22)9-10-15(14)27-19(24)16(17)18(23)12-7-5-4-6-8-12/h4-11,16-17H,1-3H3/t16-,17-/m0/s1. The van der Waals surface area contributed by atoms with Crippen molar-refractivity contribution in [1.29, 1.82) is 0 Å². The highest BCUT2D eigenvalue weighted by atomic mass is 79.9. The van der Waals surface area contributed by atoms with Gasteiger partial charge in [-0.1, -0.05) is 46.3 Å². The van der Waals surface area contributed by atoms with Gasteiger partial charge in [0, 0.05) is 21.5 Å². The summed E-state index contributed by atoms with van der Waals surface area (Å²) < 4.78 is 11.2. The first-order chi connectivity index (χ1) is 12.8. The average molecular weight is 431 g/mol. The molecule has 0 aromatic heterocycles. The van der Waals surface area contributed by atoms with Gasteiger partial charge in [0.15, 0.2) is 5.78 Å². The Labute approximate surface area is 165 Å². The quantitative estimate of drug-likeness (QED) is 0.315. The summed E-state index contributed by atoms with van der Waals surface area (Å²) in [5.74, 6) is -3.08. The summed E-state index contributed by atoms with van der Waals surface area (Å²) >= 11 is 3.41. The molecule has 0 amide bonds. The lowest BCUT2D eigenvalue weighted by Gasteiger charge is -2.39. The van der Waals surface area contributed by atoms with E-state index in [1.807, 2.05) is 0 Å². The van der Waals surface area contributed by atoms with Crippen LogP contribution in [0.5, 0.6) is 5.75 Å². The highest BCUT2D eigenvalue weighted by Gasteiger charge is 2.53. The Morgan fingerprint density at radius 2 is 1.78 bits per heavy atom. The van der Waals surface area contributed by atoms with Gasteiger partial charge in [-0.2, -0.15) is 0 Å². The summed E-state index contributed by atoms with van der Waals surface area (Å²) in [7, 11) is 1.29. The van der Waals surface area contributed by atoms with E-state index < -0.39 is 29.2 Å². The molecule has 0 unspecified atom stereocenters. The number of hydrogen-bond donors (Lipinski definition) is 0. The van der Waals surface area contributed by atoms with Gasteiger partial charge in [-0.3, -0.25) is 14.4 Å². The molecule has 0 saturated heterocycles. The lowest BCUT2D eigenvalue weighted by molar-refractivity contribution is -0.154. The molecule has 27 heavy (non-hydrogen) atoms. The Balaban J connectivity index is 2.20. The number of ether oxygens (including phenoxy) is 2. The van der Waals surface area contributed by atoms with Crippen LogP contribution in [0.3, 0.4) is 0 Å². The molecule has 1 aliphatic rings.